The zero-order valence-electron chi connectivity index (χ0n) is 9.26. The molecule has 0 radical (unpaired) electrons. The molecule has 0 aliphatic carbocycles. The van der Waals surface area contributed by atoms with E-state index in [0.717, 1.165) is 7.11 Å². The average molecular weight is 224 g/mol. The Balaban J connectivity index is 2.82. The van der Waals surface area contributed by atoms with Crippen LogP contribution in [0.3, 0.4) is 0 Å². The minimum absolute atomic E-state index is 0.159. The molecule has 1 heterocycles. The number of rotatable bonds is 4. The number of aryl methyl sites for hydroxylation is 1. The van der Waals surface area contributed by atoms with Crippen LogP contribution in [-0.2, 0) is 21.4 Å². The predicted octanol–water partition coefficient (Wildman–Crippen LogP) is -0.0190. The van der Waals surface area contributed by atoms with Crippen molar-refractivity contribution in [2.45, 2.75) is 6.92 Å². The number of ketones is 2. The highest BCUT2D eigenvalue weighted by atomic mass is 16.5. The second-order valence-corrected chi connectivity index (χ2v) is 3.37. The molecule has 86 valence electrons. The van der Waals surface area contributed by atoms with Gasteiger partial charge in [0.15, 0.2) is 5.78 Å². The van der Waals surface area contributed by atoms with Gasteiger partial charge in [0.05, 0.1) is 19.4 Å². The van der Waals surface area contributed by atoms with E-state index in [0.29, 0.717) is 0 Å². The van der Waals surface area contributed by atoms with E-state index in [1.165, 1.54) is 19.4 Å². The fourth-order valence-corrected chi connectivity index (χ4v) is 1.16. The molecule has 0 aliphatic heterocycles. The van der Waals surface area contributed by atoms with Crippen LogP contribution in [0.2, 0.25) is 0 Å². The molecule has 1 aromatic heterocycles. The fraction of sp³-hybridized carbons (Fsp3) is 0.400. The summed E-state index contributed by atoms with van der Waals surface area (Å²) in [5.41, 5.74) is 0.159. The Labute approximate surface area is 92.2 Å². The molecule has 0 N–H and O–H groups in total. The topological polar surface area (TPSA) is 78.3 Å². The monoisotopic (exact) mass is 224 g/mol. The number of carbonyl (C=O) groups is 3. The van der Waals surface area contributed by atoms with Crippen molar-refractivity contribution in [3.05, 3.63) is 18.2 Å². The first-order valence-electron chi connectivity index (χ1n) is 4.61. The highest BCUT2D eigenvalue weighted by molar-refractivity contribution is 6.39. The lowest BCUT2D eigenvalue weighted by atomic mass is 9.99. The number of ether oxygens (including phenoxy) is 1. The Morgan fingerprint density at radius 3 is 2.50 bits per heavy atom. The lowest BCUT2D eigenvalue weighted by Gasteiger charge is -2.05. The molecular formula is C10H12N2O4. The van der Waals surface area contributed by atoms with Gasteiger partial charge in [0.1, 0.15) is 5.69 Å². The standard InChI is InChI=1S/C10H12N2O4/c1-6(9(14)10(15)16-3)8(13)7-4-12(2)5-11-7/h4-6H,1-3H3. The van der Waals surface area contributed by atoms with E-state index in [2.05, 4.69) is 9.72 Å². The number of Topliss-reactive ketones (excluding diaryl/α,β-unsaturated/α-hetero) is 2. The van der Waals surface area contributed by atoms with Gasteiger partial charge in [0.2, 0.25) is 0 Å². The van der Waals surface area contributed by atoms with Crippen LogP contribution >= 0.6 is 0 Å². The third kappa shape index (κ3) is 2.33. The smallest absolute Gasteiger partial charge is 0.375 e. The Morgan fingerprint density at radius 2 is 2.06 bits per heavy atom. The summed E-state index contributed by atoms with van der Waals surface area (Å²) < 4.78 is 5.84. The van der Waals surface area contributed by atoms with Crippen LogP contribution in [-0.4, -0.2) is 34.2 Å². The molecule has 1 unspecified atom stereocenters. The van der Waals surface area contributed by atoms with Gasteiger partial charge in [-0.2, -0.15) is 0 Å². The SMILES string of the molecule is COC(=O)C(=O)C(C)C(=O)c1cn(C)cn1. The Kier molecular flexibility index (Phi) is 3.55. The van der Waals surface area contributed by atoms with E-state index >= 15 is 0 Å². The van der Waals surface area contributed by atoms with Crippen molar-refractivity contribution in [3.8, 4) is 0 Å². The molecule has 6 nitrogen and oxygen atoms in total. The maximum atomic E-state index is 11.7. The Morgan fingerprint density at radius 1 is 1.44 bits per heavy atom. The van der Waals surface area contributed by atoms with Gasteiger partial charge in [-0.05, 0) is 6.92 Å². The van der Waals surface area contributed by atoms with Crippen molar-refractivity contribution in [1.29, 1.82) is 0 Å². The number of imidazole rings is 1. The van der Waals surface area contributed by atoms with Crippen LogP contribution in [0.1, 0.15) is 17.4 Å². The summed E-state index contributed by atoms with van der Waals surface area (Å²) in [5.74, 6) is -3.44. The Hall–Kier alpha value is -1.98. The van der Waals surface area contributed by atoms with Gasteiger partial charge in [0, 0.05) is 13.2 Å². The van der Waals surface area contributed by atoms with Crippen LogP contribution in [0.15, 0.2) is 12.5 Å². The molecule has 0 aromatic carbocycles. The van der Waals surface area contributed by atoms with Crippen LogP contribution in [0.5, 0.6) is 0 Å². The van der Waals surface area contributed by atoms with E-state index in [-0.39, 0.29) is 5.69 Å². The van der Waals surface area contributed by atoms with Crippen molar-refractivity contribution in [1.82, 2.24) is 9.55 Å². The molecule has 0 fully saturated rings. The van der Waals surface area contributed by atoms with Gasteiger partial charge in [0.25, 0.3) is 5.78 Å². The van der Waals surface area contributed by atoms with Crippen molar-refractivity contribution in [3.63, 3.8) is 0 Å². The number of aromatic nitrogens is 2. The minimum atomic E-state index is -1.07. The van der Waals surface area contributed by atoms with Gasteiger partial charge in [-0.25, -0.2) is 9.78 Å². The molecule has 0 amide bonds. The number of hydrogen-bond donors (Lipinski definition) is 0. The van der Waals surface area contributed by atoms with E-state index in [1.807, 2.05) is 0 Å². The zero-order chi connectivity index (χ0) is 12.3. The van der Waals surface area contributed by atoms with Crippen LogP contribution in [0.4, 0.5) is 0 Å². The summed E-state index contributed by atoms with van der Waals surface area (Å²) in [4.78, 5) is 37.8. The largest absolute Gasteiger partial charge is 0.463 e. The highest BCUT2D eigenvalue weighted by Crippen LogP contribution is 2.08. The van der Waals surface area contributed by atoms with E-state index in [4.69, 9.17) is 0 Å². The second kappa shape index (κ2) is 4.69. The van der Waals surface area contributed by atoms with E-state index in [1.54, 1.807) is 11.6 Å². The van der Waals surface area contributed by atoms with Crippen molar-refractivity contribution >= 4 is 17.5 Å². The van der Waals surface area contributed by atoms with Gasteiger partial charge < -0.3 is 9.30 Å². The zero-order valence-corrected chi connectivity index (χ0v) is 9.26. The lowest BCUT2D eigenvalue weighted by molar-refractivity contribution is -0.152. The van der Waals surface area contributed by atoms with Gasteiger partial charge >= 0.3 is 5.97 Å². The van der Waals surface area contributed by atoms with Gasteiger partial charge in [-0.3, -0.25) is 9.59 Å². The maximum absolute atomic E-state index is 11.7. The molecule has 0 aliphatic rings. The second-order valence-electron chi connectivity index (χ2n) is 3.37. The fourth-order valence-electron chi connectivity index (χ4n) is 1.16. The first kappa shape index (κ1) is 12.1. The molecule has 1 atom stereocenters. The van der Waals surface area contributed by atoms with Crippen molar-refractivity contribution in [2.24, 2.45) is 13.0 Å². The minimum Gasteiger partial charge on any atom is -0.463 e. The highest BCUT2D eigenvalue weighted by Gasteiger charge is 2.29. The molecule has 1 aromatic rings. The summed E-state index contributed by atoms with van der Waals surface area (Å²) in [6.45, 7) is 1.36. The molecule has 1 rings (SSSR count). The van der Waals surface area contributed by atoms with Crippen LogP contribution in [0, 0.1) is 5.92 Å². The number of methoxy groups -OCH3 is 1. The number of hydrogen-bond acceptors (Lipinski definition) is 5. The third-order valence-electron chi connectivity index (χ3n) is 2.13. The van der Waals surface area contributed by atoms with Crippen LogP contribution in [0.25, 0.3) is 0 Å². The summed E-state index contributed by atoms with van der Waals surface area (Å²) in [5, 5.41) is 0. The number of esters is 1. The molecule has 16 heavy (non-hydrogen) atoms. The third-order valence-corrected chi connectivity index (χ3v) is 2.13. The van der Waals surface area contributed by atoms with Gasteiger partial charge in [-0.1, -0.05) is 0 Å². The first-order chi connectivity index (χ1) is 7.47. The summed E-state index contributed by atoms with van der Waals surface area (Å²) in [7, 11) is 2.80. The van der Waals surface area contributed by atoms with E-state index in [9.17, 15) is 14.4 Å². The van der Waals surface area contributed by atoms with Crippen LogP contribution < -0.4 is 0 Å². The Bertz CT molecular complexity index is 436. The molecule has 0 bridgehead atoms. The van der Waals surface area contributed by atoms with E-state index < -0.39 is 23.5 Å². The van der Waals surface area contributed by atoms with Gasteiger partial charge in [-0.15, -0.1) is 0 Å². The maximum Gasteiger partial charge on any atom is 0.375 e. The molecule has 0 saturated carbocycles. The quantitative estimate of drug-likeness (QED) is 0.311. The van der Waals surface area contributed by atoms with Crippen molar-refractivity contribution < 1.29 is 19.1 Å². The normalized spacial score (nSPS) is 11.9. The molecular weight excluding hydrogens is 212 g/mol. The lowest BCUT2D eigenvalue weighted by Crippen LogP contribution is -2.29. The average Bonchev–Trinajstić information content (AvgIpc) is 2.71. The van der Waals surface area contributed by atoms with Crippen molar-refractivity contribution in [2.75, 3.05) is 7.11 Å². The summed E-state index contributed by atoms with van der Waals surface area (Å²) in [6.07, 6.45) is 2.94. The molecule has 0 saturated heterocycles. The predicted molar refractivity (Wildman–Crippen MR) is 53.7 cm³/mol. The molecule has 6 heteroatoms. The summed E-state index contributed by atoms with van der Waals surface area (Å²) >= 11 is 0. The number of carbonyl (C=O) groups excluding carboxylic acids is 3. The number of nitrogens with zero attached hydrogens (tertiary/aromatic N) is 2. The summed E-state index contributed by atoms with van der Waals surface area (Å²) in [6, 6.07) is 0. The molecule has 0 spiro atoms. The first-order valence-corrected chi connectivity index (χ1v) is 4.61.